The standard InChI is InChI=1S/C27H33NO3/c1-17(29)28-25-26(2,3)18-15-22-24(31-14-13-27(22,25)16-18)21-11-6-5-9-19(21)20-10-7-8-12-23(20)30-4/h5-12,18,22,24-25H,13-16H2,1-4H3,(H,28,29)/t18-,22-,24-,25-,27-/m1/s1. The zero-order chi connectivity index (χ0) is 21.8. The molecule has 4 nitrogen and oxygen atoms in total. The molecule has 3 fully saturated rings. The Labute approximate surface area is 185 Å². The van der Waals surface area contributed by atoms with Gasteiger partial charge < -0.3 is 14.8 Å². The zero-order valence-corrected chi connectivity index (χ0v) is 19.0. The Morgan fingerprint density at radius 3 is 2.55 bits per heavy atom. The smallest absolute Gasteiger partial charge is 0.217 e. The Bertz CT molecular complexity index is 999. The molecule has 3 aliphatic rings. The van der Waals surface area contributed by atoms with Gasteiger partial charge in [0.15, 0.2) is 0 Å². The molecule has 164 valence electrons. The first kappa shape index (κ1) is 20.6. The number of amides is 1. The highest BCUT2D eigenvalue weighted by Crippen LogP contribution is 2.70. The third-order valence-corrected chi connectivity index (χ3v) is 8.52. The first-order chi connectivity index (χ1) is 14.9. The average Bonchev–Trinajstić information content (AvgIpc) is 3.26. The maximum absolute atomic E-state index is 12.1. The second kappa shape index (κ2) is 7.37. The lowest BCUT2D eigenvalue weighted by molar-refractivity contribution is -0.135. The fraction of sp³-hybridized carbons (Fsp3) is 0.519. The van der Waals surface area contributed by atoms with E-state index < -0.39 is 0 Å². The number of benzene rings is 2. The first-order valence-electron chi connectivity index (χ1n) is 11.5. The van der Waals surface area contributed by atoms with Crippen LogP contribution in [0, 0.1) is 22.7 Å². The fourth-order valence-corrected chi connectivity index (χ4v) is 7.16. The molecule has 2 saturated carbocycles. The van der Waals surface area contributed by atoms with Crippen LogP contribution >= 0.6 is 0 Å². The number of carbonyl (C=O) groups is 1. The number of para-hydroxylation sites is 1. The van der Waals surface area contributed by atoms with E-state index in [1.165, 1.54) is 17.5 Å². The van der Waals surface area contributed by atoms with E-state index in [9.17, 15) is 4.79 Å². The second-order valence-electron chi connectivity index (χ2n) is 10.3. The fourth-order valence-electron chi connectivity index (χ4n) is 7.16. The number of carbonyl (C=O) groups excluding carboxylic acids is 1. The van der Waals surface area contributed by atoms with E-state index in [1.807, 2.05) is 12.1 Å². The molecular weight excluding hydrogens is 386 g/mol. The lowest BCUT2D eigenvalue weighted by atomic mass is 9.58. The van der Waals surface area contributed by atoms with Gasteiger partial charge in [-0.15, -0.1) is 0 Å². The predicted molar refractivity (Wildman–Crippen MR) is 122 cm³/mol. The van der Waals surface area contributed by atoms with Gasteiger partial charge in [-0.2, -0.15) is 0 Å². The number of nitrogens with one attached hydrogen (secondary N) is 1. The molecule has 0 radical (unpaired) electrons. The lowest BCUT2D eigenvalue weighted by Gasteiger charge is -2.53. The maximum atomic E-state index is 12.1. The number of hydrogen-bond acceptors (Lipinski definition) is 3. The van der Waals surface area contributed by atoms with E-state index in [4.69, 9.17) is 9.47 Å². The average molecular weight is 420 g/mol. The van der Waals surface area contributed by atoms with Crippen LogP contribution in [0.25, 0.3) is 11.1 Å². The normalized spacial score (nSPS) is 33.0. The van der Waals surface area contributed by atoms with Crippen molar-refractivity contribution in [2.75, 3.05) is 13.7 Å². The van der Waals surface area contributed by atoms with Crippen molar-refractivity contribution in [2.45, 2.75) is 52.2 Å². The van der Waals surface area contributed by atoms with Crippen LogP contribution in [0.1, 0.15) is 51.7 Å². The summed E-state index contributed by atoms with van der Waals surface area (Å²) in [5.41, 5.74) is 3.75. The van der Waals surface area contributed by atoms with Crippen LogP contribution in [-0.2, 0) is 9.53 Å². The van der Waals surface area contributed by atoms with E-state index in [1.54, 1.807) is 14.0 Å². The molecule has 5 atom stereocenters. The molecule has 1 aliphatic heterocycles. The molecule has 1 heterocycles. The Hall–Kier alpha value is -2.33. The Morgan fingerprint density at radius 2 is 1.81 bits per heavy atom. The third-order valence-electron chi connectivity index (χ3n) is 8.52. The Balaban J connectivity index is 1.58. The number of methoxy groups -OCH3 is 1. The molecule has 1 amide bonds. The van der Waals surface area contributed by atoms with Gasteiger partial charge in [0, 0.05) is 25.1 Å². The summed E-state index contributed by atoms with van der Waals surface area (Å²) in [4.78, 5) is 12.1. The van der Waals surface area contributed by atoms with E-state index in [-0.39, 0.29) is 28.9 Å². The van der Waals surface area contributed by atoms with Crippen molar-refractivity contribution in [3.05, 3.63) is 54.1 Å². The first-order valence-corrected chi connectivity index (χ1v) is 11.5. The SMILES string of the molecule is COc1ccccc1-c1ccccc1[C@H]1OCC[C@@]23C[C@@H](C[C@H]12)C(C)(C)[C@H]3NC(C)=O. The highest BCUT2D eigenvalue weighted by atomic mass is 16.5. The summed E-state index contributed by atoms with van der Waals surface area (Å²) in [6.45, 7) is 7.08. The quantitative estimate of drug-likeness (QED) is 0.724. The molecule has 0 aromatic heterocycles. The second-order valence-corrected chi connectivity index (χ2v) is 10.3. The predicted octanol–water partition coefficient (Wildman–Crippen LogP) is 5.38. The van der Waals surface area contributed by atoms with Crippen LogP contribution in [0.3, 0.4) is 0 Å². The van der Waals surface area contributed by atoms with Crippen molar-refractivity contribution in [2.24, 2.45) is 22.7 Å². The van der Waals surface area contributed by atoms with Crippen molar-refractivity contribution >= 4 is 5.91 Å². The third kappa shape index (κ3) is 3.02. The molecular formula is C27H33NO3. The number of rotatable bonds is 4. The summed E-state index contributed by atoms with van der Waals surface area (Å²) in [5.74, 6) is 1.98. The van der Waals surface area contributed by atoms with Crippen LogP contribution in [0.4, 0.5) is 0 Å². The summed E-state index contributed by atoms with van der Waals surface area (Å²) < 4.78 is 12.2. The molecule has 1 N–H and O–H groups in total. The topological polar surface area (TPSA) is 47.6 Å². The van der Waals surface area contributed by atoms with Crippen molar-refractivity contribution < 1.29 is 14.3 Å². The summed E-state index contributed by atoms with van der Waals surface area (Å²) in [7, 11) is 1.73. The molecule has 2 aromatic carbocycles. The van der Waals surface area contributed by atoms with E-state index in [0.29, 0.717) is 11.8 Å². The lowest BCUT2D eigenvalue weighted by Crippen LogP contribution is -2.58. The molecule has 5 rings (SSSR count). The molecule has 1 spiro atoms. The minimum Gasteiger partial charge on any atom is -0.496 e. The van der Waals surface area contributed by atoms with Gasteiger partial charge in [0.1, 0.15) is 5.75 Å². The highest BCUT2D eigenvalue weighted by Gasteiger charge is 2.68. The van der Waals surface area contributed by atoms with Crippen LogP contribution in [0.2, 0.25) is 0 Å². The molecule has 31 heavy (non-hydrogen) atoms. The van der Waals surface area contributed by atoms with Crippen LogP contribution in [-0.4, -0.2) is 25.7 Å². The van der Waals surface area contributed by atoms with Crippen molar-refractivity contribution in [3.63, 3.8) is 0 Å². The molecule has 1 saturated heterocycles. The molecule has 0 unspecified atom stereocenters. The molecule has 2 bridgehead atoms. The van der Waals surface area contributed by atoms with Gasteiger partial charge in [0.2, 0.25) is 5.91 Å². The summed E-state index contributed by atoms with van der Waals surface area (Å²) >= 11 is 0. The minimum atomic E-state index is 0.0345. The van der Waals surface area contributed by atoms with E-state index >= 15 is 0 Å². The van der Waals surface area contributed by atoms with E-state index in [0.717, 1.165) is 30.8 Å². The molecule has 4 heteroatoms. The summed E-state index contributed by atoms with van der Waals surface area (Å²) in [6, 6.07) is 17.0. The zero-order valence-electron chi connectivity index (χ0n) is 19.0. The van der Waals surface area contributed by atoms with Gasteiger partial charge in [0.05, 0.1) is 13.2 Å². The number of hydrogen-bond donors (Lipinski definition) is 1. The molecule has 2 aliphatic carbocycles. The monoisotopic (exact) mass is 419 g/mol. The van der Waals surface area contributed by atoms with Gasteiger partial charge in [-0.3, -0.25) is 4.79 Å². The van der Waals surface area contributed by atoms with Gasteiger partial charge in [-0.05, 0) is 59.1 Å². The van der Waals surface area contributed by atoms with E-state index in [2.05, 4.69) is 55.6 Å². The highest BCUT2D eigenvalue weighted by molar-refractivity contribution is 5.74. The summed E-state index contributed by atoms with van der Waals surface area (Å²) in [6.07, 6.45) is 3.41. The summed E-state index contributed by atoms with van der Waals surface area (Å²) in [5, 5.41) is 3.38. The minimum absolute atomic E-state index is 0.0345. The molecule has 2 aromatic rings. The van der Waals surface area contributed by atoms with Gasteiger partial charge in [-0.1, -0.05) is 56.3 Å². The van der Waals surface area contributed by atoms with Crippen LogP contribution in [0.5, 0.6) is 5.75 Å². The van der Waals surface area contributed by atoms with Gasteiger partial charge >= 0.3 is 0 Å². The van der Waals surface area contributed by atoms with Crippen LogP contribution in [0.15, 0.2) is 48.5 Å². The Morgan fingerprint density at radius 1 is 1.10 bits per heavy atom. The van der Waals surface area contributed by atoms with Crippen molar-refractivity contribution in [3.8, 4) is 16.9 Å². The van der Waals surface area contributed by atoms with Gasteiger partial charge in [0.25, 0.3) is 0 Å². The largest absolute Gasteiger partial charge is 0.496 e. The Kier molecular flexibility index (Phi) is 4.89. The number of ether oxygens (including phenoxy) is 2. The van der Waals surface area contributed by atoms with Gasteiger partial charge in [-0.25, -0.2) is 0 Å². The van der Waals surface area contributed by atoms with Crippen LogP contribution < -0.4 is 10.1 Å². The van der Waals surface area contributed by atoms with Crippen molar-refractivity contribution in [1.29, 1.82) is 0 Å². The van der Waals surface area contributed by atoms with Crippen molar-refractivity contribution in [1.82, 2.24) is 5.32 Å². The number of fused-ring (bicyclic) bond motifs is 1. The maximum Gasteiger partial charge on any atom is 0.217 e.